The molecule has 0 aliphatic carbocycles. The molecule has 9 heteroatoms. The minimum Gasteiger partial charge on any atom is -0.872 e. The fourth-order valence-electron chi connectivity index (χ4n) is 5.19. The lowest BCUT2D eigenvalue weighted by Gasteiger charge is -2.30. The van der Waals surface area contributed by atoms with Crippen LogP contribution in [0.4, 0.5) is 0 Å². The molecule has 5 rings (SSSR count). The third-order valence-corrected chi connectivity index (χ3v) is 8.12. The first-order chi connectivity index (χ1) is 19.3. The average Bonchev–Trinajstić information content (AvgIpc) is 3.22. The predicted octanol–water partition coefficient (Wildman–Crippen LogP) is 3.02. The van der Waals surface area contributed by atoms with Crippen LogP contribution in [0.5, 0.6) is 5.75 Å². The van der Waals surface area contributed by atoms with Gasteiger partial charge in [-0.05, 0) is 53.4 Å². The minimum absolute atomic E-state index is 0.0820. The molecule has 1 N–H and O–H groups in total. The highest BCUT2D eigenvalue weighted by Crippen LogP contribution is 2.40. The zero-order valence-corrected chi connectivity index (χ0v) is 23.6. The normalized spacial score (nSPS) is 19.3. The summed E-state index contributed by atoms with van der Waals surface area (Å²) in [6.07, 6.45) is 0. The summed E-state index contributed by atoms with van der Waals surface area (Å²) in [6.45, 7) is 6.06. The second-order valence-electron chi connectivity index (χ2n) is 10.0. The summed E-state index contributed by atoms with van der Waals surface area (Å²) in [4.78, 5) is 29.5. The largest absolute Gasteiger partial charge is 0.872 e. The SMILES string of the molecule is Cc1cc(OCc2ccccc2)ccc1C([O-])=C1C(=O)C(=O)N(CC[NH+]2CCOCC2)C1c1ccc(Cl)c(Cl)c1. The van der Waals surface area contributed by atoms with Crippen molar-refractivity contribution in [2.45, 2.75) is 19.6 Å². The van der Waals surface area contributed by atoms with Gasteiger partial charge in [-0.2, -0.15) is 0 Å². The molecule has 40 heavy (non-hydrogen) atoms. The number of nitrogens with one attached hydrogen (secondary N) is 1. The summed E-state index contributed by atoms with van der Waals surface area (Å²) in [5, 5.41) is 14.6. The Hall–Kier alpha value is -3.36. The van der Waals surface area contributed by atoms with Gasteiger partial charge >= 0.3 is 0 Å². The number of likely N-dealkylation sites (tertiary alicyclic amines) is 1. The number of hydrogen-bond acceptors (Lipinski definition) is 5. The van der Waals surface area contributed by atoms with E-state index < -0.39 is 23.5 Å². The molecule has 7 nitrogen and oxygen atoms in total. The summed E-state index contributed by atoms with van der Waals surface area (Å²) < 4.78 is 11.3. The molecule has 0 bridgehead atoms. The summed E-state index contributed by atoms with van der Waals surface area (Å²) in [7, 11) is 0. The maximum absolute atomic E-state index is 13.9. The van der Waals surface area contributed by atoms with Crippen molar-refractivity contribution in [3.8, 4) is 5.75 Å². The topological polar surface area (TPSA) is 83.3 Å². The van der Waals surface area contributed by atoms with Crippen molar-refractivity contribution in [3.63, 3.8) is 0 Å². The van der Waals surface area contributed by atoms with Crippen molar-refractivity contribution < 1.29 is 29.1 Å². The lowest BCUT2D eigenvalue weighted by atomic mass is 9.94. The fourth-order valence-corrected chi connectivity index (χ4v) is 5.49. The van der Waals surface area contributed by atoms with E-state index in [0.717, 1.165) is 18.7 Å². The molecule has 3 aromatic carbocycles. The molecular weight excluding hydrogens is 551 g/mol. The van der Waals surface area contributed by atoms with E-state index in [1.807, 2.05) is 30.3 Å². The molecule has 1 atom stereocenters. The highest BCUT2D eigenvalue weighted by molar-refractivity contribution is 6.46. The number of halogens is 2. The van der Waals surface area contributed by atoms with Crippen LogP contribution in [0.3, 0.4) is 0 Å². The first kappa shape index (κ1) is 28.2. The molecule has 1 unspecified atom stereocenters. The van der Waals surface area contributed by atoms with Crippen LogP contribution in [0.1, 0.15) is 28.3 Å². The molecule has 2 fully saturated rings. The van der Waals surface area contributed by atoms with Gasteiger partial charge < -0.3 is 24.4 Å². The number of nitrogens with zero attached hydrogens (tertiary/aromatic N) is 1. The van der Waals surface area contributed by atoms with Gasteiger partial charge in [0.15, 0.2) is 0 Å². The number of morpholine rings is 1. The molecule has 2 aliphatic heterocycles. The van der Waals surface area contributed by atoms with Crippen LogP contribution >= 0.6 is 23.2 Å². The number of quaternary nitrogens is 1. The molecule has 0 aromatic heterocycles. The fraction of sp³-hybridized carbons (Fsp3) is 0.290. The molecule has 2 aliphatic rings. The van der Waals surface area contributed by atoms with E-state index in [1.165, 1.54) is 9.80 Å². The van der Waals surface area contributed by atoms with Crippen molar-refractivity contribution >= 4 is 40.7 Å². The third kappa shape index (κ3) is 6.03. The second-order valence-corrected chi connectivity index (χ2v) is 10.8. The Kier molecular flexibility index (Phi) is 8.76. The number of carbonyl (C=O) groups is 2. The van der Waals surface area contributed by atoms with Gasteiger partial charge in [-0.25, -0.2) is 0 Å². The van der Waals surface area contributed by atoms with Gasteiger partial charge in [-0.1, -0.05) is 71.4 Å². The van der Waals surface area contributed by atoms with E-state index in [2.05, 4.69) is 0 Å². The number of rotatable bonds is 8. The van der Waals surface area contributed by atoms with Crippen molar-refractivity contribution in [1.29, 1.82) is 0 Å². The molecule has 0 spiro atoms. The van der Waals surface area contributed by atoms with Crippen molar-refractivity contribution in [2.75, 3.05) is 39.4 Å². The molecule has 0 saturated carbocycles. The second kappa shape index (κ2) is 12.4. The molecule has 2 heterocycles. The zero-order chi connectivity index (χ0) is 28.2. The molecule has 1 amide bonds. The van der Waals surface area contributed by atoms with E-state index in [-0.39, 0.29) is 10.6 Å². The van der Waals surface area contributed by atoms with Crippen LogP contribution in [0, 0.1) is 6.92 Å². The van der Waals surface area contributed by atoms with E-state index in [0.29, 0.717) is 60.4 Å². The van der Waals surface area contributed by atoms with Crippen LogP contribution in [-0.4, -0.2) is 56.0 Å². The Morgan fingerprint density at radius 3 is 2.48 bits per heavy atom. The van der Waals surface area contributed by atoms with Crippen LogP contribution in [0.2, 0.25) is 10.0 Å². The van der Waals surface area contributed by atoms with E-state index >= 15 is 0 Å². The zero-order valence-electron chi connectivity index (χ0n) is 22.1. The molecule has 3 aromatic rings. The minimum atomic E-state index is -0.865. The van der Waals surface area contributed by atoms with Crippen molar-refractivity contribution in [2.24, 2.45) is 0 Å². The number of hydrogen-bond donors (Lipinski definition) is 1. The van der Waals surface area contributed by atoms with E-state index in [9.17, 15) is 14.7 Å². The molecule has 2 saturated heterocycles. The number of ketones is 1. The number of benzene rings is 3. The lowest BCUT2D eigenvalue weighted by molar-refractivity contribution is -0.907. The molecule has 0 radical (unpaired) electrons. The quantitative estimate of drug-likeness (QED) is 0.251. The van der Waals surface area contributed by atoms with Gasteiger partial charge in [0.25, 0.3) is 5.91 Å². The highest BCUT2D eigenvalue weighted by Gasteiger charge is 2.44. The smallest absolute Gasteiger partial charge is 0.295 e. The average molecular weight is 581 g/mol. The van der Waals surface area contributed by atoms with Gasteiger partial charge in [0.1, 0.15) is 25.4 Å². The van der Waals surface area contributed by atoms with Crippen LogP contribution in [-0.2, 0) is 20.9 Å². The van der Waals surface area contributed by atoms with Crippen LogP contribution < -0.4 is 14.7 Å². The van der Waals surface area contributed by atoms with Gasteiger partial charge in [-0.3, -0.25) is 9.59 Å². The summed E-state index contributed by atoms with van der Waals surface area (Å²) in [6, 6.07) is 19.0. The number of Topliss-reactive ketones (excluding diaryl/α,β-unsaturated/α-hetero) is 1. The molecule has 208 valence electrons. The Balaban J connectivity index is 1.47. The van der Waals surface area contributed by atoms with Crippen LogP contribution in [0.15, 0.2) is 72.3 Å². The third-order valence-electron chi connectivity index (χ3n) is 7.39. The maximum atomic E-state index is 13.9. The van der Waals surface area contributed by atoms with Crippen molar-refractivity contribution in [3.05, 3.63) is 105 Å². The predicted molar refractivity (Wildman–Crippen MR) is 151 cm³/mol. The number of carbonyl (C=O) groups excluding carboxylic acids is 2. The van der Waals surface area contributed by atoms with E-state index in [4.69, 9.17) is 32.7 Å². The molecular formula is C31H30Cl2N2O5. The van der Waals surface area contributed by atoms with Crippen LogP contribution in [0.25, 0.3) is 5.76 Å². The first-order valence-electron chi connectivity index (χ1n) is 13.2. The summed E-state index contributed by atoms with van der Waals surface area (Å²) >= 11 is 12.5. The van der Waals surface area contributed by atoms with Crippen molar-refractivity contribution in [1.82, 2.24) is 4.90 Å². The standard InChI is InChI=1S/C31H30Cl2N2O5/c1-20-17-23(40-19-21-5-3-2-4-6-21)8-9-24(20)29(36)27-28(22-7-10-25(32)26(33)18-22)35(31(38)30(27)37)12-11-34-13-15-39-16-14-34/h2-10,17-18,28,36H,11-16,19H2,1H3. The Morgan fingerprint density at radius 1 is 1.02 bits per heavy atom. The lowest BCUT2D eigenvalue weighted by Crippen LogP contribution is -3.14. The summed E-state index contributed by atoms with van der Waals surface area (Å²) in [5.41, 5.74) is 2.49. The maximum Gasteiger partial charge on any atom is 0.295 e. The van der Waals surface area contributed by atoms with Gasteiger partial charge in [0.2, 0.25) is 5.78 Å². The monoisotopic (exact) mass is 580 g/mol. The number of ether oxygens (including phenoxy) is 2. The summed E-state index contributed by atoms with van der Waals surface area (Å²) in [5.74, 6) is -1.36. The van der Waals surface area contributed by atoms with Gasteiger partial charge in [0.05, 0.1) is 42.4 Å². The van der Waals surface area contributed by atoms with Gasteiger partial charge in [-0.15, -0.1) is 0 Å². The number of amides is 1. The Morgan fingerprint density at radius 2 is 1.77 bits per heavy atom. The van der Waals surface area contributed by atoms with E-state index in [1.54, 1.807) is 43.3 Å². The Bertz CT molecular complexity index is 1440. The Labute approximate surface area is 243 Å². The van der Waals surface area contributed by atoms with Gasteiger partial charge in [0, 0.05) is 5.57 Å². The number of aryl methyl sites for hydroxylation is 1. The first-order valence-corrected chi connectivity index (χ1v) is 14.0. The highest BCUT2D eigenvalue weighted by atomic mass is 35.5.